The third-order valence-corrected chi connectivity index (χ3v) is 4.34. The molecule has 0 unspecified atom stereocenters. The van der Waals surface area contributed by atoms with Crippen LogP contribution in [0.4, 0.5) is 5.88 Å². The maximum Gasteiger partial charge on any atom is 0.281 e. The van der Waals surface area contributed by atoms with Gasteiger partial charge in [-0.15, -0.1) is 0 Å². The summed E-state index contributed by atoms with van der Waals surface area (Å²) in [5, 5.41) is 6.86. The minimum atomic E-state index is -0.00601. The van der Waals surface area contributed by atoms with Gasteiger partial charge in [0.15, 0.2) is 6.54 Å². The molecule has 0 spiro atoms. The van der Waals surface area contributed by atoms with Crippen LogP contribution < -0.4 is 10.2 Å². The van der Waals surface area contributed by atoms with Crippen LogP contribution in [0.2, 0.25) is 0 Å². The number of amides is 1. The first kappa shape index (κ1) is 15.7. The van der Waals surface area contributed by atoms with Crippen LogP contribution >= 0.6 is 0 Å². The van der Waals surface area contributed by atoms with Crippen LogP contribution in [0.3, 0.4) is 0 Å². The summed E-state index contributed by atoms with van der Waals surface area (Å²) in [6.45, 7) is 4.71. The van der Waals surface area contributed by atoms with Crippen molar-refractivity contribution < 1.29 is 14.2 Å². The molecule has 1 saturated heterocycles. The molecule has 122 valence electrons. The number of likely N-dealkylation sites (tertiary alicyclic amines) is 1. The summed E-state index contributed by atoms with van der Waals surface area (Å²) in [5.74, 6) is 0.410. The van der Waals surface area contributed by atoms with Gasteiger partial charge in [0.1, 0.15) is 5.69 Å². The highest BCUT2D eigenvalue weighted by Gasteiger charge is 2.17. The standard InChI is InChI=1S/C18H23N3O2/c1-14-6-8-15(9-7-14)16-12-18(23-20-16)19-17(22)13-21-10-4-2-3-5-11-21/h6-9,12H,2-5,10-11,13H2,1H3,(H,19,22)/p+1. The fourth-order valence-corrected chi connectivity index (χ4v) is 3.01. The molecule has 1 aliphatic rings. The maximum atomic E-state index is 12.2. The van der Waals surface area contributed by atoms with Crippen molar-refractivity contribution in [3.8, 4) is 11.3 Å². The number of anilines is 1. The number of rotatable bonds is 4. The second-order valence-electron chi connectivity index (χ2n) is 6.33. The Morgan fingerprint density at radius 3 is 2.57 bits per heavy atom. The van der Waals surface area contributed by atoms with E-state index in [-0.39, 0.29) is 5.91 Å². The van der Waals surface area contributed by atoms with Gasteiger partial charge in [-0.05, 0) is 32.6 Å². The number of nitrogens with one attached hydrogen (secondary N) is 2. The molecule has 2 heterocycles. The van der Waals surface area contributed by atoms with Crippen LogP contribution in [-0.2, 0) is 4.79 Å². The van der Waals surface area contributed by atoms with Gasteiger partial charge in [-0.25, -0.2) is 0 Å². The minimum Gasteiger partial charge on any atom is -0.338 e. The summed E-state index contributed by atoms with van der Waals surface area (Å²) in [7, 11) is 0. The maximum absolute atomic E-state index is 12.2. The largest absolute Gasteiger partial charge is 0.338 e. The lowest BCUT2D eigenvalue weighted by Crippen LogP contribution is -3.12. The Kier molecular flexibility index (Phi) is 5.08. The molecule has 5 nitrogen and oxygen atoms in total. The summed E-state index contributed by atoms with van der Waals surface area (Å²) in [4.78, 5) is 13.5. The van der Waals surface area contributed by atoms with E-state index >= 15 is 0 Å². The number of aryl methyl sites for hydroxylation is 1. The van der Waals surface area contributed by atoms with Gasteiger partial charge < -0.3 is 9.42 Å². The molecule has 1 fully saturated rings. The van der Waals surface area contributed by atoms with Crippen LogP contribution in [0.1, 0.15) is 31.2 Å². The zero-order valence-corrected chi connectivity index (χ0v) is 13.6. The molecule has 3 rings (SSSR count). The Hall–Kier alpha value is -2.14. The SMILES string of the molecule is Cc1ccc(-c2cc(NC(=O)C[NH+]3CCCCCC3)on2)cc1. The Labute approximate surface area is 136 Å². The molecule has 0 bridgehead atoms. The van der Waals surface area contributed by atoms with E-state index in [1.165, 1.54) is 36.1 Å². The number of quaternary nitrogens is 1. The Morgan fingerprint density at radius 2 is 1.87 bits per heavy atom. The van der Waals surface area contributed by atoms with Crippen molar-refractivity contribution in [1.29, 1.82) is 0 Å². The quantitative estimate of drug-likeness (QED) is 0.908. The van der Waals surface area contributed by atoms with Gasteiger partial charge >= 0.3 is 0 Å². The molecule has 1 aliphatic heterocycles. The van der Waals surface area contributed by atoms with E-state index < -0.39 is 0 Å². The molecule has 1 aromatic carbocycles. The van der Waals surface area contributed by atoms with Gasteiger partial charge in [0.25, 0.3) is 5.91 Å². The topological polar surface area (TPSA) is 59.6 Å². The highest BCUT2D eigenvalue weighted by Crippen LogP contribution is 2.21. The molecule has 2 aromatic rings. The first-order chi connectivity index (χ1) is 11.2. The monoisotopic (exact) mass is 314 g/mol. The molecule has 23 heavy (non-hydrogen) atoms. The van der Waals surface area contributed by atoms with Gasteiger partial charge in [-0.2, -0.15) is 0 Å². The molecule has 0 radical (unpaired) electrons. The van der Waals surface area contributed by atoms with Crippen molar-refractivity contribution in [3.63, 3.8) is 0 Å². The summed E-state index contributed by atoms with van der Waals surface area (Å²) in [5.41, 5.74) is 2.92. The minimum absolute atomic E-state index is 0.00601. The third kappa shape index (κ3) is 4.42. The van der Waals surface area contributed by atoms with Crippen molar-refractivity contribution in [2.24, 2.45) is 0 Å². The molecule has 0 aliphatic carbocycles. The van der Waals surface area contributed by atoms with Crippen LogP contribution in [0, 0.1) is 6.92 Å². The van der Waals surface area contributed by atoms with Crippen LogP contribution in [0.5, 0.6) is 0 Å². The molecular weight excluding hydrogens is 290 g/mol. The summed E-state index contributed by atoms with van der Waals surface area (Å²) in [6.07, 6.45) is 4.99. The second-order valence-corrected chi connectivity index (χ2v) is 6.33. The molecule has 0 saturated carbocycles. The van der Waals surface area contributed by atoms with E-state index in [4.69, 9.17) is 4.52 Å². The smallest absolute Gasteiger partial charge is 0.281 e. The third-order valence-electron chi connectivity index (χ3n) is 4.34. The lowest BCUT2D eigenvalue weighted by Gasteiger charge is -2.15. The van der Waals surface area contributed by atoms with Crippen molar-refractivity contribution in [2.45, 2.75) is 32.6 Å². The predicted molar refractivity (Wildman–Crippen MR) is 89.3 cm³/mol. The fourth-order valence-electron chi connectivity index (χ4n) is 3.01. The number of nitrogens with zero attached hydrogens (tertiary/aromatic N) is 1. The van der Waals surface area contributed by atoms with Gasteiger partial charge in [0.05, 0.1) is 13.1 Å². The van der Waals surface area contributed by atoms with Crippen molar-refractivity contribution in [1.82, 2.24) is 5.16 Å². The Bertz CT molecular complexity index is 641. The predicted octanol–water partition coefficient (Wildman–Crippen LogP) is 2.05. The average Bonchev–Trinajstić information content (AvgIpc) is 2.84. The first-order valence-electron chi connectivity index (χ1n) is 8.38. The van der Waals surface area contributed by atoms with Crippen molar-refractivity contribution in [2.75, 3.05) is 25.0 Å². The Morgan fingerprint density at radius 1 is 1.17 bits per heavy atom. The van der Waals surface area contributed by atoms with E-state index in [9.17, 15) is 4.79 Å². The fraction of sp³-hybridized carbons (Fsp3) is 0.444. The van der Waals surface area contributed by atoms with Crippen molar-refractivity contribution in [3.05, 3.63) is 35.9 Å². The summed E-state index contributed by atoms with van der Waals surface area (Å²) < 4.78 is 5.24. The Balaban J connectivity index is 1.57. The van der Waals surface area contributed by atoms with E-state index in [1.807, 2.05) is 31.2 Å². The summed E-state index contributed by atoms with van der Waals surface area (Å²) >= 11 is 0. The zero-order valence-electron chi connectivity index (χ0n) is 13.6. The molecule has 2 N–H and O–H groups in total. The molecule has 5 heteroatoms. The van der Waals surface area contributed by atoms with Gasteiger partial charge in [0.2, 0.25) is 5.88 Å². The summed E-state index contributed by atoms with van der Waals surface area (Å²) in [6, 6.07) is 9.84. The number of benzene rings is 1. The normalized spacial score (nSPS) is 16.0. The highest BCUT2D eigenvalue weighted by atomic mass is 16.5. The first-order valence-corrected chi connectivity index (χ1v) is 8.38. The number of hydrogen-bond donors (Lipinski definition) is 2. The lowest BCUT2D eigenvalue weighted by molar-refractivity contribution is -0.891. The molecule has 1 amide bonds. The van der Waals surface area contributed by atoms with Crippen molar-refractivity contribution >= 4 is 11.8 Å². The second kappa shape index (κ2) is 7.42. The van der Waals surface area contributed by atoms with Crippen LogP contribution in [0.25, 0.3) is 11.3 Å². The molecule has 1 aromatic heterocycles. The van der Waals surface area contributed by atoms with E-state index in [1.54, 1.807) is 6.07 Å². The van der Waals surface area contributed by atoms with Gasteiger partial charge in [-0.1, -0.05) is 35.0 Å². The van der Waals surface area contributed by atoms with E-state index in [0.29, 0.717) is 12.4 Å². The molecular formula is C18H24N3O2+. The average molecular weight is 314 g/mol. The lowest BCUT2D eigenvalue weighted by atomic mass is 10.1. The number of aromatic nitrogens is 1. The highest BCUT2D eigenvalue weighted by molar-refractivity contribution is 5.90. The van der Waals surface area contributed by atoms with Gasteiger partial charge in [-0.3, -0.25) is 10.1 Å². The number of carbonyl (C=O) groups excluding carboxylic acids is 1. The number of hydrogen-bond acceptors (Lipinski definition) is 3. The van der Waals surface area contributed by atoms with E-state index in [2.05, 4.69) is 10.5 Å². The number of carbonyl (C=O) groups is 1. The van der Waals surface area contributed by atoms with Crippen LogP contribution in [0.15, 0.2) is 34.9 Å². The zero-order chi connectivity index (χ0) is 16.1. The van der Waals surface area contributed by atoms with Crippen LogP contribution in [-0.4, -0.2) is 30.7 Å². The molecule has 0 atom stereocenters. The van der Waals surface area contributed by atoms with E-state index in [0.717, 1.165) is 24.3 Å². The van der Waals surface area contributed by atoms with Gasteiger partial charge in [0, 0.05) is 11.6 Å².